The molecule has 1 saturated heterocycles. The van der Waals surface area contributed by atoms with E-state index in [4.69, 9.17) is 0 Å². The van der Waals surface area contributed by atoms with Crippen molar-refractivity contribution >= 4 is 41.8 Å². The highest BCUT2D eigenvalue weighted by atomic mass is 35.5. The summed E-state index contributed by atoms with van der Waals surface area (Å²) < 4.78 is 13.8. The molecule has 0 aliphatic carbocycles. The number of hydrogen-bond donors (Lipinski definition) is 2. The molecule has 0 spiro atoms. The van der Waals surface area contributed by atoms with E-state index in [-0.39, 0.29) is 36.8 Å². The van der Waals surface area contributed by atoms with Crippen LogP contribution in [0, 0.1) is 5.82 Å². The van der Waals surface area contributed by atoms with Crippen molar-refractivity contribution in [2.45, 2.75) is 32.2 Å². The molecule has 3 rings (SSSR count). The van der Waals surface area contributed by atoms with Crippen LogP contribution in [0.5, 0.6) is 0 Å². The zero-order valence-corrected chi connectivity index (χ0v) is 15.2. The number of H-pyrrole nitrogens is 1. The van der Waals surface area contributed by atoms with Crippen LogP contribution in [-0.4, -0.2) is 46.5 Å². The second kappa shape index (κ2) is 9.20. The minimum Gasteiger partial charge on any atom is -0.344 e. The molecule has 8 heteroatoms. The van der Waals surface area contributed by atoms with Gasteiger partial charge in [-0.05, 0) is 44.5 Å². The summed E-state index contributed by atoms with van der Waals surface area (Å²) in [5, 5.41) is 3.31. The number of halogens is 3. The van der Waals surface area contributed by atoms with Gasteiger partial charge in [0.2, 0.25) is 0 Å². The van der Waals surface area contributed by atoms with Gasteiger partial charge >= 0.3 is 0 Å². The van der Waals surface area contributed by atoms with Gasteiger partial charge in [-0.3, -0.25) is 4.79 Å². The SMILES string of the molecule is CCCN(C(=O)c1cc(F)cc2[nH]cnc12)C1CCNCC1.Cl.Cl. The summed E-state index contributed by atoms with van der Waals surface area (Å²) in [5.41, 5.74) is 1.45. The van der Waals surface area contributed by atoms with Gasteiger partial charge in [-0.15, -0.1) is 24.8 Å². The van der Waals surface area contributed by atoms with Crippen LogP contribution < -0.4 is 5.32 Å². The highest BCUT2D eigenvalue weighted by Gasteiger charge is 2.27. The summed E-state index contributed by atoms with van der Waals surface area (Å²) in [6, 6.07) is 2.88. The third kappa shape index (κ3) is 4.18. The number of imidazole rings is 1. The van der Waals surface area contributed by atoms with Gasteiger partial charge in [0, 0.05) is 12.6 Å². The molecular weight excluding hydrogens is 354 g/mol. The molecule has 5 nitrogen and oxygen atoms in total. The lowest BCUT2D eigenvalue weighted by atomic mass is 10.0. The molecule has 1 aliphatic rings. The Kier molecular flexibility index (Phi) is 7.93. The van der Waals surface area contributed by atoms with E-state index in [1.165, 1.54) is 18.5 Å². The summed E-state index contributed by atoms with van der Waals surface area (Å²) in [6.45, 7) is 4.57. The van der Waals surface area contributed by atoms with Gasteiger partial charge in [-0.1, -0.05) is 6.92 Å². The predicted molar refractivity (Wildman–Crippen MR) is 97.8 cm³/mol. The van der Waals surface area contributed by atoms with Crippen molar-refractivity contribution in [3.05, 3.63) is 29.8 Å². The van der Waals surface area contributed by atoms with Crippen molar-refractivity contribution in [3.63, 3.8) is 0 Å². The monoisotopic (exact) mass is 376 g/mol. The molecule has 1 aromatic carbocycles. The molecule has 134 valence electrons. The lowest BCUT2D eigenvalue weighted by Crippen LogP contribution is -2.46. The molecule has 1 fully saturated rings. The second-order valence-electron chi connectivity index (χ2n) is 5.73. The Morgan fingerprint density at radius 2 is 2.04 bits per heavy atom. The molecule has 1 aliphatic heterocycles. The van der Waals surface area contributed by atoms with Crippen molar-refractivity contribution in [2.24, 2.45) is 0 Å². The maximum atomic E-state index is 13.8. The Morgan fingerprint density at radius 3 is 2.71 bits per heavy atom. The van der Waals surface area contributed by atoms with Gasteiger partial charge in [-0.25, -0.2) is 9.37 Å². The number of aromatic amines is 1. The first-order chi connectivity index (χ1) is 10.7. The summed E-state index contributed by atoms with van der Waals surface area (Å²) in [4.78, 5) is 21.9. The second-order valence-corrected chi connectivity index (χ2v) is 5.73. The van der Waals surface area contributed by atoms with Crippen LogP contribution in [0.25, 0.3) is 11.0 Å². The first-order valence-corrected chi connectivity index (χ1v) is 7.85. The summed E-state index contributed by atoms with van der Waals surface area (Å²) in [7, 11) is 0. The minimum absolute atomic E-state index is 0. The van der Waals surface area contributed by atoms with Crippen LogP contribution >= 0.6 is 24.8 Å². The molecule has 0 bridgehead atoms. The van der Waals surface area contributed by atoms with Crippen molar-refractivity contribution in [3.8, 4) is 0 Å². The Bertz CT molecular complexity index is 673. The first-order valence-electron chi connectivity index (χ1n) is 7.85. The predicted octanol–water partition coefficient (Wildman–Crippen LogP) is 3.15. The Balaban J connectivity index is 0.00000144. The fourth-order valence-electron chi connectivity index (χ4n) is 3.14. The number of hydrogen-bond acceptors (Lipinski definition) is 3. The number of carbonyl (C=O) groups is 1. The number of rotatable bonds is 4. The topological polar surface area (TPSA) is 61.0 Å². The molecule has 0 saturated carbocycles. The van der Waals surface area contributed by atoms with Gasteiger partial charge in [0.15, 0.2) is 0 Å². The summed E-state index contributed by atoms with van der Waals surface area (Å²) in [5.74, 6) is -0.535. The Labute approximate surface area is 153 Å². The third-order valence-corrected chi connectivity index (χ3v) is 4.19. The van der Waals surface area contributed by atoms with Crippen LogP contribution in [0.2, 0.25) is 0 Å². The number of benzene rings is 1. The lowest BCUT2D eigenvalue weighted by molar-refractivity contribution is 0.0644. The average Bonchev–Trinajstić information content (AvgIpc) is 3.00. The van der Waals surface area contributed by atoms with Gasteiger partial charge < -0.3 is 15.2 Å². The molecule has 2 N–H and O–H groups in total. The van der Waals surface area contributed by atoms with Crippen molar-refractivity contribution in [1.82, 2.24) is 20.2 Å². The molecular formula is C16H23Cl2FN4O. The molecule has 2 heterocycles. The van der Waals surface area contributed by atoms with Crippen LogP contribution in [0.15, 0.2) is 18.5 Å². The largest absolute Gasteiger partial charge is 0.344 e. The standard InChI is InChI=1S/C16H21FN4O.2ClH/c1-2-7-21(12-3-5-18-6-4-12)16(22)13-8-11(17)9-14-15(13)20-10-19-14;;/h8-10,12,18H,2-7H2,1H3,(H,19,20);2*1H. The number of fused-ring (bicyclic) bond motifs is 1. The van der Waals surface area contributed by atoms with Gasteiger partial charge in [0.05, 0.1) is 17.4 Å². The van der Waals surface area contributed by atoms with E-state index in [2.05, 4.69) is 22.2 Å². The quantitative estimate of drug-likeness (QED) is 0.861. The lowest BCUT2D eigenvalue weighted by Gasteiger charge is -2.34. The number of aromatic nitrogens is 2. The van der Waals surface area contributed by atoms with Crippen molar-refractivity contribution in [1.29, 1.82) is 0 Å². The maximum Gasteiger partial charge on any atom is 0.256 e. The molecule has 1 amide bonds. The van der Waals surface area contributed by atoms with Crippen LogP contribution in [-0.2, 0) is 0 Å². The summed E-state index contributed by atoms with van der Waals surface area (Å²) >= 11 is 0. The van der Waals surface area contributed by atoms with E-state index < -0.39 is 5.82 Å². The number of carbonyl (C=O) groups excluding carboxylic acids is 1. The molecule has 0 unspecified atom stereocenters. The zero-order chi connectivity index (χ0) is 15.5. The summed E-state index contributed by atoms with van der Waals surface area (Å²) in [6.07, 6.45) is 4.25. The van der Waals surface area contributed by atoms with E-state index in [0.717, 1.165) is 32.4 Å². The molecule has 24 heavy (non-hydrogen) atoms. The van der Waals surface area contributed by atoms with Crippen molar-refractivity contribution < 1.29 is 9.18 Å². The number of amides is 1. The van der Waals surface area contributed by atoms with Gasteiger partial charge in [0.25, 0.3) is 5.91 Å². The average molecular weight is 377 g/mol. The highest BCUT2D eigenvalue weighted by molar-refractivity contribution is 6.05. The first kappa shape index (κ1) is 20.7. The van der Waals surface area contributed by atoms with Gasteiger partial charge in [0.1, 0.15) is 11.3 Å². The molecule has 2 aromatic rings. The normalized spacial score (nSPS) is 14.8. The van der Waals surface area contributed by atoms with E-state index >= 15 is 0 Å². The minimum atomic E-state index is -0.415. The maximum absolute atomic E-state index is 13.8. The molecule has 0 radical (unpaired) electrons. The molecule has 1 aromatic heterocycles. The van der Waals surface area contributed by atoms with Crippen LogP contribution in [0.4, 0.5) is 4.39 Å². The Hall–Kier alpha value is -1.37. The van der Waals surface area contributed by atoms with E-state index in [1.54, 1.807) is 0 Å². The van der Waals surface area contributed by atoms with E-state index in [0.29, 0.717) is 23.1 Å². The number of piperidine rings is 1. The number of nitrogens with one attached hydrogen (secondary N) is 2. The van der Waals surface area contributed by atoms with E-state index in [9.17, 15) is 9.18 Å². The zero-order valence-electron chi connectivity index (χ0n) is 13.5. The van der Waals surface area contributed by atoms with E-state index in [1.807, 2.05) is 4.90 Å². The highest BCUT2D eigenvalue weighted by Crippen LogP contribution is 2.22. The van der Waals surface area contributed by atoms with Crippen LogP contribution in [0.1, 0.15) is 36.5 Å². The number of nitrogens with zero attached hydrogens (tertiary/aromatic N) is 2. The molecule has 0 atom stereocenters. The smallest absolute Gasteiger partial charge is 0.256 e. The van der Waals surface area contributed by atoms with Gasteiger partial charge in [-0.2, -0.15) is 0 Å². The van der Waals surface area contributed by atoms with Crippen molar-refractivity contribution in [2.75, 3.05) is 19.6 Å². The fourth-order valence-corrected chi connectivity index (χ4v) is 3.14. The fraction of sp³-hybridized carbons (Fsp3) is 0.500. The third-order valence-electron chi connectivity index (χ3n) is 4.19. The van der Waals surface area contributed by atoms with Crippen LogP contribution in [0.3, 0.4) is 0 Å². The Morgan fingerprint density at radius 1 is 1.33 bits per heavy atom.